The molecule has 0 aliphatic carbocycles. The molecule has 4 heteroatoms. The minimum atomic E-state index is -0.392. The van der Waals surface area contributed by atoms with Crippen molar-refractivity contribution in [3.8, 4) is 0 Å². The fourth-order valence-electron chi connectivity index (χ4n) is 1.56. The Labute approximate surface area is 85.5 Å². The maximum absolute atomic E-state index is 9.36. The first-order valence-corrected chi connectivity index (χ1v) is 4.36. The van der Waals surface area contributed by atoms with Crippen LogP contribution in [0.25, 0.3) is 0 Å². The summed E-state index contributed by atoms with van der Waals surface area (Å²) in [6.45, 7) is 6.98. The van der Waals surface area contributed by atoms with Gasteiger partial charge in [-0.3, -0.25) is 4.90 Å². The Morgan fingerprint density at radius 1 is 1.38 bits per heavy atom. The van der Waals surface area contributed by atoms with Crippen molar-refractivity contribution in [2.45, 2.75) is 31.6 Å². The van der Waals surface area contributed by atoms with E-state index in [4.69, 9.17) is 0 Å². The topological polar surface area (TPSA) is 43.7 Å². The molecule has 0 aromatic rings. The number of aliphatic hydroxyl groups excluding tert-OH is 2. The number of piperidine rings is 1. The van der Waals surface area contributed by atoms with Crippen LogP contribution in [0.2, 0.25) is 0 Å². The lowest BCUT2D eigenvalue weighted by molar-refractivity contribution is -0.0153. The van der Waals surface area contributed by atoms with Gasteiger partial charge in [-0.05, 0) is 6.92 Å². The number of hydrogen-bond donors (Lipinski definition) is 2. The Morgan fingerprint density at radius 3 is 2.23 bits per heavy atom. The van der Waals surface area contributed by atoms with Crippen LogP contribution >= 0.6 is 12.4 Å². The first-order valence-electron chi connectivity index (χ1n) is 4.36. The Hall–Kier alpha value is -0.0900. The van der Waals surface area contributed by atoms with E-state index in [1.807, 2.05) is 17.9 Å². The van der Waals surface area contributed by atoms with Crippen molar-refractivity contribution in [1.29, 1.82) is 0 Å². The van der Waals surface area contributed by atoms with Crippen LogP contribution < -0.4 is 0 Å². The molecule has 0 spiro atoms. The Balaban J connectivity index is 0.00000144. The van der Waals surface area contributed by atoms with Gasteiger partial charge in [0.15, 0.2) is 0 Å². The maximum Gasteiger partial charge on any atom is 0.0692 e. The summed E-state index contributed by atoms with van der Waals surface area (Å²) in [7, 11) is 0. The lowest BCUT2D eigenvalue weighted by atomic mass is 10.0. The summed E-state index contributed by atoms with van der Waals surface area (Å²) in [6.07, 6.45) is 1.54. The molecule has 3 nitrogen and oxygen atoms in total. The van der Waals surface area contributed by atoms with E-state index < -0.39 is 12.2 Å². The molecule has 1 aliphatic rings. The normalized spacial score (nSPS) is 31.9. The van der Waals surface area contributed by atoms with Crippen molar-refractivity contribution < 1.29 is 10.2 Å². The molecule has 3 atom stereocenters. The number of hydrogen-bond acceptors (Lipinski definition) is 3. The van der Waals surface area contributed by atoms with Crippen LogP contribution in [-0.4, -0.2) is 46.5 Å². The van der Waals surface area contributed by atoms with E-state index in [9.17, 15) is 10.2 Å². The monoisotopic (exact) mass is 207 g/mol. The van der Waals surface area contributed by atoms with Gasteiger partial charge in [-0.1, -0.05) is 6.08 Å². The second-order valence-electron chi connectivity index (χ2n) is 3.47. The number of nitrogens with zero attached hydrogens (tertiary/aromatic N) is 1. The molecule has 1 unspecified atom stereocenters. The van der Waals surface area contributed by atoms with Crippen molar-refractivity contribution in [2.24, 2.45) is 0 Å². The highest BCUT2D eigenvalue weighted by molar-refractivity contribution is 5.85. The van der Waals surface area contributed by atoms with Gasteiger partial charge >= 0.3 is 0 Å². The van der Waals surface area contributed by atoms with Gasteiger partial charge in [0.2, 0.25) is 0 Å². The zero-order valence-corrected chi connectivity index (χ0v) is 8.70. The van der Waals surface area contributed by atoms with Crippen molar-refractivity contribution in [3.63, 3.8) is 0 Å². The van der Waals surface area contributed by atoms with Crippen LogP contribution in [-0.2, 0) is 0 Å². The number of β-amino-alcohol motifs (C(OH)–C–C–N with tert-alkyl or cyclic N) is 2. The summed E-state index contributed by atoms with van der Waals surface area (Å²) in [5, 5.41) is 18.7. The van der Waals surface area contributed by atoms with Gasteiger partial charge in [-0.25, -0.2) is 0 Å². The highest BCUT2D eigenvalue weighted by atomic mass is 35.5. The van der Waals surface area contributed by atoms with Gasteiger partial charge in [0.1, 0.15) is 0 Å². The van der Waals surface area contributed by atoms with E-state index in [0.29, 0.717) is 19.5 Å². The summed E-state index contributed by atoms with van der Waals surface area (Å²) < 4.78 is 0. The molecule has 1 heterocycles. The second kappa shape index (κ2) is 5.60. The average Bonchev–Trinajstić information content (AvgIpc) is 2.01. The van der Waals surface area contributed by atoms with Gasteiger partial charge in [0.05, 0.1) is 12.2 Å². The first kappa shape index (κ1) is 12.9. The van der Waals surface area contributed by atoms with Crippen molar-refractivity contribution >= 4 is 12.4 Å². The van der Waals surface area contributed by atoms with Crippen molar-refractivity contribution in [2.75, 3.05) is 13.1 Å². The molecule has 0 aromatic carbocycles. The van der Waals surface area contributed by atoms with Gasteiger partial charge < -0.3 is 10.2 Å². The standard InChI is InChI=1S/C9H17NO2.ClH/c1-3-7(2)10-5-8(11)4-9(12)6-10;/h3,7-9,11-12H,1,4-6H2,2H3;1H/t7?,8-,9+;. The molecule has 1 aliphatic heterocycles. The Bertz CT molecular complexity index is 156. The minimum Gasteiger partial charge on any atom is -0.392 e. The van der Waals surface area contributed by atoms with Gasteiger partial charge in [0.25, 0.3) is 0 Å². The van der Waals surface area contributed by atoms with Crippen LogP contribution in [0.3, 0.4) is 0 Å². The quantitative estimate of drug-likeness (QED) is 0.645. The summed E-state index contributed by atoms with van der Waals surface area (Å²) in [5.74, 6) is 0. The van der Waals surface area contributed by atoms with E-state index >= 15 is 0 Å². The molecule has 1 rings (SSSR count). The Kier molecular flexibility index (Phi) is 5.56. The lowest BCUT2D eigenvalue weighted by Gasteiger charge is -2.36. The van der Waals surface area contributed by atoms with E-state index in [1.165, 1.54) is 0 Å². The lowest BCUT2D eigenvalue weighted by Crippen LogP contribution is -2.48. The maximum atomic E-state index is 9.36. The van der Waals surface area contributed by atoms with Gasteiger partial charge in [-0.2, -0.15) is 0 Å². The summed E-state index contributed by atoms with van der Waals surface area (Å²) >= 11 is 0. The van der Waals surface area contributed by atoms with E-state index in [0.717, 1.165) is 0 Å². The number of aliphatic hydroxyl groups is 2. The van der Waals surface area contributed by atoms with E-state index in [2.05, 4.69) is 6.58 Å². The van der Waals surface area contributed by atoms with Gasteiger partial charge in [0, 0.05) is 25.6 Å². The molecule has 0 radical (unpaired) electrons. The zero-order chi connectivity index (χ0) is 9.14. The third-order valence-corrected chi connectivity index (χ3v) is 2.35. The molecule has 0 saturated carbocycles. The molecular formula is C9H18ClNO2. The Morgan fingerprint density at radius 2 is 1.85 bits per heavy atom. The SMILES string of the molecule is C=CC(C)N1C[C@H](O)C[C@H](O)C1.Cl. The first-order chi connectivity index (χ1) is 5.63. The van der Waals surface area contributed by atoms with Crippen LogP contribution in [0.1, 0.15) is 13.3 Å². The zero-order valence-electron chi connectivity index (χ0n) is 7.89. The predicted octanol–water partition coefficient (Wildman–Crippen LogP) is 0.410. The molecular weight excluding hydrogens is 190 g/mol. The summed E-state index contributed by atoms with van der Waals surface area (Å²) in [6, 6.07) is 0.231. The molecule has 0 bridgehead atoms. The molecule has 0 amide bonds. The van der Waals surface area contributed by atoms with Gasteiger partial charge in [-0.15, -0.1) is 19.0 Å². The number of likely N-dealkylation sites (tertiary alicyclic amines) is 1. The number of rotatable bonds is 2. The van der Waals surface area contributed by atoms with Crippen LogP contribution in [0.15, 0.2) is 12.7 Å². The van der Waals surface area contributed by atoms with Crippen molar-refractivity contribution in [3.05, 3.63) is 12.7 Å². The predicted molar refractivity (Wildman–Crippen MR) is 55.1 cm³/mol. The number of halogens is 1. The minimum absolute atomic E-state index is 0. The average molecular weight is 208 g/mol. The highest BCUT2D eigenvalue weighted by Crippen LogP contribution is 2.13. The molecule has 0 aromatic heterocycles. The fraction of sp³-hybridized carbons (Fsp3) is 0.778. The van der Waals surface area contributed by atoms with Crippen molar-refractivity contribution in [1.82, 2.24) is 4.90 Å². The molecule has 1 fully saturated rings. The summed E-state index contributed by atoms with van der Waals surface area (Å²) in [4.78, 5) is 2.03. The van der Waals surface area contributed by atoms with E-state index in [1.54, 1.807) is 0 Å². The molecule has 13 heavy (non-hydrogen) atoms. The second-order valence-corrected chi connectivity index (χ2v) is 3.47. The summed E-state index contributed by atoms with van der Waals surface area (Å²) in [5.41, 5.74) is 0. The van der Waals surface area contributed by atoms with Crippen LogP contribution in [0, 0.1) is 0 Å². The highest BCUT2D eigenvalue weighted by Gasteiger charge is 2.25. The fourth-order valence-corrected chi connectivity index (χ4v) is 1.56. The largest absolute Gasteiger partial charge is 0.392 e. The van der Waals surface area contributed by atoms with Crippen LogP contribution in [0.5, 0.6) is 0 Å². The third kappa shape index (κ3) is 3.65. The van der Waals surface area contributed by atoms with Crippen LogP contribution in [0.4, 0.5) is 0 Å². The smallest absolute Gasteiger partial charge is 0.0692 e. The molecule has 78 valence electrons. The van der Waals surface area contributed by atoms with E-state index in [-0.39, 0.29) is 18.4 Å². The molecule has 2 N–H and O–H groups in total. The molecule has 1 saturated heterocycles. The third-order valence-electron chi connectivity index (χ3n) is 2.35.